The van der Waals surface area contributed by atoms with Crippen LogP contribution < -0.4 is 10.1 Å². The Bertz CT molecular complexity index is 990. The lowest BCUT2D eigenvalue weighted by Gasteiger charge is -2.29. The van der Waals surface area contributed by atoms with Crippen LogP contribution in [-0.4, -0.2) is 39.9 Å². The molecule has 1 fully saturated rings. The fourth-order valence-corrected chi connectivity index (χ4v) is 5.05. The number of anilines is 2. The van der Waals surface area contributed by atoms with Crippen molar-refractivity contribution in [2.24, 2.45) is 5.92 Å². The van der Waals surface area contributed by atoms with E-state index in [9.17, 15) is 4.79 Å². The SMILES string of the molecule is COc1ccc(Nc2nnc(SCC(=O)N(Cc3ccccc3)C(C)C3CC3)s2)cc1. The number of nitrogens with zero attached hydrogens (tertiary/aromatic N) is 3. The molecule has 8 heteroatoms. The van der Waals surface area contributed by atoms with E-state index < -0.39 is 0 Å². The van der Waals surface area contributed by atoms with Crippen LogP contribution in [0.2, 0.25) is 0 Å². The molecule has 0 bridgehead atoms. The third kappa shape index (κ3) is 5.98. The van der Waals surface area contributed by atoms with Crippen molar-refractivity contribution in [3.05, 3.63) is 60.2 Å². The third-order valence-electron chi connectivity index (χ3n) is 5.38. The number of benzene rings is 2. The van der Waals surface area contributed by atoms with E-state index in [-0.39, 0.29) is 11.9 Å². The Hall–Kier alpha value is -2.58. The zero-order chi connectivity index (χ0) is 21.6. The number of hydrogen-bond acceptors (Lipinski definition) is 7. The molecule has 6 nitrogen and oxygen atoms in total. The van der Waals surface area contributed by atoms with E-state index in [0.717, 1.165) is 21.3 Å². The lowest BCUT2D eigenvalue weighted by atomic mass is 10.1. The molecular weight excluding hydrogens is 428 g/mol. The zero-order valence-electron chi connectivity index (χ0n) is 17.7. The highest BCUT2D eigenvalue weighted by Gasteiger charge is 2.34. The van der Waals surface area contributed by atoms with Crippen LogP contribution >= 0.6 is 23.1 Å². The van der Waals surface area contributed by atoms with Gasteiger partial charge in [-0.1, -0.05) is 53.4 Å². The average Bonchev–Trinajstić information content (AvgIpc) is 3.56. The minimum Gasteiger partial charge on any atom is -0.497 e. The summed E-state index contributed by atoms with van der Waals surface area (Å²) >= 11 is 2.90. The van der Waals surface area contributed by atoms with E-state index in [1.807, 2.05) is 47.4 Å². The van der Waals surface area contributed by atoms with Crippen molar-refractivity contribution in [1.29, 1.82) is 0 Å². The molecule has 1 aliphatic rings. The van der Waals surface area contributed by atoms with Gasteiger partial charge in [0.1, 0.15) is 5.75 Å². The monoisotopic (exact) mass is 454 g/mol. The summed E-state index contributed by atoms with van der Waals surface area (Å²) in [5, 5.41) is 12.4. The summed E-state index contributed by atoms with van der Waals surface area (Å²) in [4.78, 5) is 15.1. The number of carbonyl (C=O) groups excluding carboxylic acids is 1. The highest BCUT2D eigenvalue weighted by molar-refractivity contribution is 8.01. The second-order valence-electron chi connectivity index (χ2n) is 7.60. The topological polar surface area (TPSA) is 67.3 Å². The first-order valence-corrected chi connectivity index (χ1v) is 12.1. The molecule has 4 rings (SSSR count). The zero-order valence-corrected chi connectivity index (χ0v) is 19.3. The highest BCUT2D eigenvalue weighted by atomic mass is 32.2. The van der Waals surface area contributed by atoms with Gasteiger partial charge in [0.2, 0.25) is 11.0 Å². The van der Waals surface area contributed by atoms with Crippen molar-refractivity contribution in [2.45, 2.75) is 36.7 Å². The van der Waals surface area contributed by atoms with Gasteiger partial charge in [-0.05, 0) is 55.5 Å². The fraction of sp³-hybridized carbons (Fsp3) is 0.348. The predicted molar refractivity (Wildman–Crippen MR) is 126 cm³/mol. The lowest BCUT2D eigenvalue weighted by Crippen LogP contribution is -2.40. The number of nitrogens with one attached hydrogen (secondary N) is 1. The van der Waals surface area contributed by atoms with E-state index in [1.165, 1.54) is 35.9 Å². The molecule has 0 saturated heterocycles. The van der Waals surface area contributed by atoms with Crippen molar-refractivity contribution in [1.82, 2.24) is 15.1 Å². The Balaban J connectivity index is 1.35. The Morgan fingerprint density at radius 2 is 1.94 bits per heavy atom. The number of thioether (sulfide) groups is 1. The highest BCUT2D eigenvalue weighted by Crippen LogP contribution is 2.36. The van der Waals surface area contributed by atoms with E-state index in [0.29, 0.717) is 23.3 Å². The smallest absolute Gasteiger partial charge is 0.233 e. The van der Waals surface area contributed by atoms with E-state index in [4.69, 9.17) is 4.74 Å². The van der Waals surface area contributed by atoms with Gasteiger partial charge in [-0.25, -0.2) is 0 Å². The summed E-state index contributed by atoms with van der Waals surface area (Å²) in [5.41, 5.74) is 2.08. The van der Waals surface area contributed by atoms with Crippen molar-refractivity contribution in [3.8, 4) is 5.75 Å². The normalized spacial score (nSPS) is 14.1. The van der Waals surface area contributed by atoms with Crippen molar-refractivity contribution in [2.75, 3.05) is 18.2 Å². The molecule has 1 aromatic heterocycles. The molecule has 1 saturated carbocycles. The van der Waals surface area contributed by atoms with Crippen LogP contribution in [0.5, 0.6) is 5.75 Å². The van der Waals surface area contributed by atoms with Crippen molar-refractivity contribution >= 4 is 39.8 Å². The molecular formula is C23H26N4O2S2. The molecule has 0 spiro atoms. The Kier molecular flexibility index (Phi) is 7.09. The third-order valence-corrected chi connectivity index (χ3v) is 7.34. The van der Waals surface area contributed by atoms with Crippen molar-refractivity contribution in [3.63, 3.8) is 0 Å². The second kappa shape index (κ2) is 10.2. The molecule has 1 atom stereocenters. The van der Waals surface area contributed by atoms with Crippen LogP contribution in [-0.2, 0) is 11.3 Å². The fourth-order valence-electron chi connectivity index (χ4n) is 3.40. The quantitative estimate of drug-likeness (QED) is 0.424. The molecule has 31 heavy (non-hydrogen) atoms. The first-order chi connectivity index (χ1) is 15.1. The minimum atomic E-state index is 0.146. The predicted octanol–water partition coefficient (Wildman–Crippen LogP) is 5.21. The summed E-state index contributed by atoms with van der Waals surface area (Å²) in [5.74, 6) is 1.94. The van der Waals surface area contributed by atoms with Gasteiger partial charge >= 0.3 is 0 Å². The molecule has 1 aliphatic carbocycles. The molecule has 1 amide bonds. The number of ether oxygens (including phenoxy) is 1. The average molecular weight is 455 g/mol. The van der Waals surface area contributed by atoms with Crippen LogP contribution in [0.3, 0.4) is 0 Å². The maximum absolute atomic E-state index is 13.1. The van der Waals surface area contributed by atoms with Gasteiger partial charge in [-0.3, -0.25) is 4.79 Å². The standard InChI is InChI=1S/C23H26N4O2S2/c1-16(18-8-9-18)27(14-17-6-4-3-5-7-17)21(28)15-30-23-26-25-22(31-23)24-19-10-12-20(29-2)13-11-19/h3-7,10-13,16,18H,8-9,14-15H2,1-2H3,(H,24,25). The summed E-state index contributed by atoms with van der Waals surface area (Å²) in [7, 11) is 1.64. The molecule has 1 heterocycles. The van der Waals surface area contributed by atoms with Gasteiger partial charge in [0.25, 0.3) is 0 Å². The number of hydrogen-bond donors (Lipinski definition) is 1. The number of methoxy groups -OCH3 is 1. The molecule has 0 aliphatic heterocycles. The summed E-state index contributed by atoms with van der Waals surface area (Å²) in [6.07, 6.45) is 2.42. The second-order valence-corrected chi connectivity index (χ2v) is 9.80. The van der Waals surface area contributed by atoms with Gasteiger partial charge in [-0.2, -0.15) is 0 Å². The maximum atomic E-state index is 13.1. The molecule has 0 radical (unpaired) electrons. The first-order valence-electron chi connectivity index (χ1n) is 10.3. The summed E-state index contributed by atoms with van der Waals surface area (Å²) in [6, 6.07) is 18.1. The minimum absolute atomic E-state index is 0.146. The summed E-state index contributed by atoms with van der Waals surface area (Å²) < 4.78 is 5.96. The van der Waals surface area contributed by atoms with Crippen molar-refractivity contribution < 1.29 is 9.53 Å². The number of aromatic nitrogens is 2. The molecule has 162 valence electrons. The lowest BCUT2D eigenvalue weighted by molar-refractivity contribution is -0.131. The Morgan fingerprint density at radius 3 is 2.61 bits per heavy atom. The molecule has 1 N–H and O–H groups in total. The number of carbonyl (C=O) groups is 1. The number of rotatable bonds is 10. The van der Waals surface area contributed by atoms with Crippen LogP contribution in [0.15, 0.2) is 58.9 Å². The van der Waals surface area contributed by atoms with Gasteiger partial charge in [-0.15, -0.1) is 10.2 Å². The van der Waals surface area contributed by atoms with Gasteiger partial charge in [0.15, 0.2) is 4.34 Å². The summed E-state index contributed by atoms with van der Waals surface area (Å²) in [6.45, 7) is 2.82. The van der Waals surface area contributed by atoms with Crippen LogP contribution in [0.1, 0.15) is 25.3 Å². The van der Waals surface area contributed by atoms with E-state index in [1.54, 1.807) is 7.11 Å². The van der Waals surface area contributed by atoms with Gasteiger partial charge in [0, 0.05) is 18.3 Å². The van der Waals surface area contributed by atoms with Crippen LogP contribution in [0.25, 0.3) is 0 Å². The van der Waals surface area contributed by atoms with Gasteiger partial charge < -0.3 is 15.0 Å². The van der Waals surface area contributed by atoms with Crippen LogP contribution in [0, 0.1) is 5.92 Å². The number of amides is 1. The van der Waals surface area contributed by atoms with E-state index in [2.05, 4.69) is 34.6 Å². The molecule has 1 unspecified atom stereocenters. The Morgan fingerprint density at radius 1 is 1.19 bits per heavy atom. The molecule has 2 aromatic carbocycles. The molecule has 3 aromatic rings. The van der Waals surface area contributed by atoms with Gasteiger partial charge in [0.05, 0.1) is 12.9 Å². The maximum Gasteiger partial charge on any atom is 0.233 e. The Labute approximate surface area is 191 Å². The first kappa shape index (κ1) is 21.6. The van der Waals surface area contributed by atoms with E-state index >= 15 is 0 Å². The van der Waals surface area contributed by atoms with Crippen LogP contribution in [0.4, 0.5) is 10.8 Å². The largest absolute Gasteiger partial charge is 0.497 e.